The molecule has 0 spiro atoms. The number of nitrogens with zero attached hydrogens (tertiary/aromatic N) is 2. The van der Waals surface area contributed by atoms with E-state index in [1.54, 1.807) is 4.90 Å². The molecule has 2 fully saturated rings. The van der Waals surface area contributed by atoms with E-state index in [-0.39, 0.29) is 31.4 Å². The highest BCUT2D eigenvalue weighted by Gasteiger charge is 2.34. The number of likely N-dealkylation sites (tertiary alicyclic amines) is 1. The average Bonchev–Trinajstić information content (AvgIpc) is 2.81. The van der Waals surface area contributed by atoms with Crippen molar-refractivity contribution in [1.29, 1.82) is 0 Å². The summed E-state index contributed by atoms with van der Waals surface area (Å²) in [5.74, 6) is -1.33. The molecule has 2 rings (SSSR count). The summed E-state index contributed by atoms with van der Waals surface area (Å²) in [5, 5.41) is 11.6. The van der Waals surface area contributed by atoms with Gasteiger partial charge in [0.2, 0.25) is 11.8 Å². The first-order chi connectivity index (χ1) is 8.58. The topological polar surface area (TPSA) is 90.0 Å². The average molecular weight is 255 g/mol. The first-order valence-electron chi connectivity index (χ1n) is 6.09. The number of hydrogen-bond donors (Lipinski definition) is 2. The standard InChI is InChI=1S/C11H17N3O4/c15-9-6-14(8(5-12-9)11(17)18)7-10(16)13-3-1-2-4-13/h8H,1-7H2,(H,12,15)(H,17,18). The minimum Gasteiger partial charge on any atom is -0.480 e. The van der Waals surface area contributed by atoms with Crippen LogP contribution in [0.4, 0.5) is 0 Å². The highest BCUT2D eigenvalue weighted by Crippen LogP contribution is 2.10. The van der Waals surface area contributed by atoms with Crippen LogP contribution in [0.1, 0.15) is 12.8 Å². The van der Waals surface area contributed by atoms with Gasteiger partial charge in [0.05, 0.1) is 13.1 Å². The van der Waals surface area contributed by atoms with Gasteiger partial charge in [-0.05, 0) is 12.8 Å². The van der Waals surface area contributed by atoms with Crippen molar-refractivity contribution >= 4 is 17.8 Å². The molecule has 2 saturated heterocycles. The van der Waals surface area contributed by atoms with Gasteiger partial charge in [-0.3, -0.25) is 19.3 Å². The number of carbonyl (C=O) groups excluding carboxylic acids is 2. The fraction of sp³-hybridized carbons (Fsp3) is 0.727. The lowest BCUT2D eigenvalue weighted by Gasteiger charge is -2.33. The quantitative estimate of drug-likeness (QED) is 0.640. The molecule has 0 radical (unpaired) electrons. The lowest BCUT2D eigenvalue weighted by molar-refractivity contribution is -0.147. The maximum absolute atomic E-state index is 11.9. The summed E-state index contributed by atoms with van der Waals surface area (Å²) in [6, 6.07) is -0.811. The van der Waals surface area contributed by atoms with Crippen molar-refractivity contribution in [1.82, 2.24) is 15.1 Å². The van der Waals surface area contributed by atoms with E-state index in [0.717, 1.165) is 25.9 Å². The Labute approximate surface area is 105 Å². The summed E-state index contributed by atoms with van der Waals surface area (Å²) in [4.78, 5) is 37.4. The van der Waals surface area contributed by atoms with Crippen molar-refractivity contribution in [3.63, 3.8) is 0 Å². The van der Waals surface area contributed by atoms with Gasteiger partial charge in [-0.25, -0.2) is 0 Å². The summed E-state index contributed by atoms with van der Waals surface area (Å²) in [5.41, 5.74) is 0. The summed E-state index contributed by atoms with van der Waals surface area (Å²) < 4.78 is 0. The zero-order chi connectivity index (χ0) is 13.1. The Balaban J connectivity index is 1.97. The molecular weight excluding hydrogens is 238 g/mol. The fourth-order valence-electron chi connectivity index (χ4n) is 2.34. The van der Waals surface area contributed by atoms with E-state index < -0.39 is 12.0 Å². The number of carbonyl (C=O) groups is 3. The predicted octanol–water partition coefficient (Wildman–Crippen LogP) is -1.51. The Morgan fingerprint density at radius 2 is 2.00 bits per heavy atom. The normalized spacial score (nSPS) is 25.0. The van der Waals surface area contributed by atoms with Crippen molar-refractivity contribution in [3.8, 4) is 0 Å². The maximum Gasteiger partial charge on any atom is 0.322 e. The first kappa shape index (κ1) is 12.8. The summed E-state index contributed by atoms with van der Waals surface area (Å²) in [7, 11) is 0. The highest BCUT2D eigenvalue weighted by molar-refractivity contribution is 5.85. The molecule has 7 heteroatoms. The van der Waals surface area contributed by atoms with E-state index in [0.29, 0.717) is 0 Å². The molecule has 2 aliphatic rings. The third kappa shape index (κ3) is 2.79. The molecule has 0 aromatic rings. The van der Waals surface area contributed by atoms with Crippen LogP contribution in [0.3, 0.4) is 0 Å². The van der Waals surface area contributed by atoms with Crippen LogP contribution in [-0.2, 0) is 14.4 Å². The number of hydrogen-bond acceptors (Lipinski definition) is 4. The third-order valence-corrected chi connectivity index (χ3v) is 3.36. The first-order valence-corrected chi connectivity index (χ1v) is 6.09. The van der Waals surface area contributed by atoms with Gasteiger partial charge >= 0.3 is 5.97 Å². The minimum absolute atomic E-state index is 0.00435. The lowest BCUT2D eigenvalue weighted by atomic mass is 10.2. The molecule has 0 bridgehead atoms. The fourth-order valence-corrected chi connectivity index (χ4v) is 2.34. The Morgan fingerprint density at radius 1 is 1.33 bits per heavy atom. The van der Waals surface area contributed by atoms with Crippen LogP contribution in [0.15, 0.2) is 0 Å². The van der Waals surface area contributed by atoms with Gasteiger partial charge < -0.3 is 15.3 Å². The van der Waals surface area contributed by atoms with E-state index >= 15 is 0 Å². The predicted molar refractivity (Wildman–Crippen MR) is 61.8 cm³/mol. The van der Waals surface area contributed by atoms with Crippen LogP contribution >= 0.6 is 0 Å². The summed E-state index contributed by atoms with van der Waals surface area (Å²) in [6.45, 7) is 1.50. The molecule has 0 aromatic heterocycles. The summed E-state index contributed by atoms with van der Waals surface area (Å²) >= 11 is 0. The van der Waals surface area contributed by atoms with Crippen molar-refractivity contribution in [3.05, 3.63) is 0 Å². The number of aliphatic carboxylic acids is 1. The molecule has 2 amide bonds. The van der Waals surface area contributed by atoms with E-state index in [4.69, 9.17) is 5.11 Å². The third-order valence-electron chi connectivity index (χ3n) is 3.36. The Hall–Kier alpha value is -1.63. The summed E-state index contributed by atoms with van der Waals surface area (Å²) in [6.07, 6.45) is 1.99. The number of carboxylic acid groups (broad SMARTS) is 1. The molecule has 0 aliphatic carbocycles. The van der Waals surface area contributed by atoms with Crippen molar-refractivity contribution < 1.29 is 19.5 Å². The van der Waals surface area contributed by atoms with Crippen LogP contribution in [-0.4, -0.2) is 71.5 Å². The second kappa shape index (κ2) is 5.34. The molecule has 1 atom stereocenters. The second-order valence-electron chi connectivity index (χ2n) is 4.65. The molecule has 0 aromatic carbocycles. The lowest BCUT2D eigenvalue weighted by Crippen LogP contribution is -2.59. The molecular formula is C11H17N3O4. The molecule has 2 N–H and O–H groups in total. The van der Waals surface area contributed by atoms with Crippen molar-refractivity contribution in [2.75, 3.05) is 32.7 Å². The van der Waals surface area contributed by atoms with Gasteiger partial charge in [0.15, 0.2) is 0 Å². The number of nitrogens with one attached hydrogen (secondary N) is 1. The Bertz CT molecular complexity index is 365. The highest BCUT2D eigenvalue weighted by atomic mass is 16.4. The zero-order valence-corrected chi connectivity index (χ0v) is 10.1. The molecule has 100 valence electrons. The number of piperazine rings is 1. The van der Waals surface area contributed by atoms with Crippen LogP contribution in [0.25, 0.3) is 0 Å². The van der Waals surface area contributed by atoms with Gasteiger partial charge in [-0.2, -0.15) is 0 Å². The van der Waals surface area contributed by atoms with E-state index in [2.05, 4.69) is 5.32 Å². The molecule has 18 heavy (non-hydrogen) atoms. The van der Waals surface area contributed by atoms with E-state index in [1.807, 2.05) is 0 Å². The van der Waals surface area contributed by atoms with Crippen LogP contribution in [0.2, 0.25) is 0 Å². The van der Waals surface area contributed by atoms with Gasteiger partial charge in [-0.15, -0.1) is 0 Å². The SMILES string of the molecule is O=C1CN(CC(=O)N2CCCC2)C(C(=O)O)CN1. The van der Waals surface area contributed by atoms with Crippen molar-refractivity contribution in [2.45, 2.75) is 18.9 Å². The zero-order valence-electron chi connectivity index (χ0n) is 10.1. The second-order valence-corrected chi connectivity index (χ2v) is 4.65. The van der Waals surface area contributed by atoms with Crippen LogP contribution in [0, 0.1) is 0 Å². The minimum atomic E-state index is -1.01. The van der Waals surface area contributed by atoms with Gasteiger partial charge in [-0.1, -0.05) is 0 Å². The number of rotatable bonds is 3. The molecule has 0 saturated carbocycles. The van der Waals surface area contributed by atoms with E-state index in [1.165, 1.54) is 4.90 Å². The Kier molecular flexibility index (Phi) is 3.81. The van der Waals surface area contributed by atoms with Gasteiger partial charge in [0.25, 0.3) is 0 Å². The van der Waals surface area contributed by atoms with Crippen molar-refractivity contribution in [2.24, 2.45) is 0 Å². The largest absolute Gasteiger partial charge is 0.480 e. The molecule has 7 nitrogen and oxygen atoms in total. The van der Waals surface area contributed by atoms with Gasteiger partial charge in [0, 0.05) is 19.6 Å². The van der Waals surface area contributed by atoms with Gasteiger partial charge in [0.1, 0.15) is 6.04 Å². The molecule has 2 aliphatic heterocycles. The maximum atomic E-state index is 11.9. The Morgan fingerprint density at radius 3 is 2.61 bits per heavy atom. The number of amides is 2. The monoisotopic (exact) mass is 255 g/mol. The number of carboxylic acids is 1. The van der Waals surface area contributed by atoms with E-state index in [9.17, 15) is 14.4 Å². The molecule has 2 heterocycles. The molecule has 1 unspecified atom stereocenters. The van der Waals surface area contributed by atoms with Crippen LogP contribution < -0.4 is 5.32 Å². The smallest absolute Gasteiger partial charge is 0.322 e. The van der Waals surface area contributed by atoms with Crippen LogP contribution in [0.5, 0.6) is 0 Å².